The van der Waals surface area contributed by atoms with Crippen LogP contribution in [-0.4, -0.2) is 85.2 Å². The molecule has 1 heterocycles. The number of nitrogens with zero attached hydrogens (tertiary/aromatic N) is 2. The van der Waals surface area contributed by atoms with Crippen LogP contribution in [0.2, 0.25) is 0 Å². The summed E-state index contributed by atoms with van der Waals surface area (Å²) >= 11 is 4.36. The second-order valence-electron chi connectivity index (χ2n) is 14.0. The Bertz CT molecular complexity index is 1780. The summed E-state index contributed by atoms with van der Waals surface area (Å²) in [6.07, 6.45) is -2.63. The molecule has 0 saturated carbocycles. The minimum Gasteiger partial charge on any atom is -0.481 e. The number of carbonyl (C=O) groups excluding carboxylic acids is 3. The van der Waals surface area contributed by atoms with Gasteiger partial charge in [0.2, 0.25) is 5.91 Å². The van der Waals surface area contributed by atoms with Crippen molar-refractivity contribution in [2.75, 3.05) is 29.9 Å². The largest absolute Gasteiger partial charge is 0.490 e. The van der Waals surface area contributed by atoms with E-state index in [4.69, 9.17) is 15.6 Å². The predicted octanol–water partition coefficient (Wildman–Crippen LogP) is 7.91. The van der Waals surface area contributed by atoms with E-state index in [1.807, 2.05) is 61.7 Å². The van der Waals surface area contributed by atoms with Crippen LogP contribution in [0.25, 0.3) is 11.1 Å². The van der Waals surface area contributed by atoms with Crippen molar-refractivity contribution in [1.82, 2.24) is 9.47 Å². The summed E-state index contributed by atoms with van der Waals surface area (Å²) in [7, 11) is 0. The first-order chi connectivity index (χ1) is 26.2. The van der Waals surface area contributed by atoms with E-state index >= 15 is 4.39 Å². The van der Waals surface area contributed by atoms with Crippen LogP contribution < -0.4 is 5.73 Å². The van der Waals surface area contributed by atoms with Gasteiger partial charge in [-0.05, 0) is 54.6 Å². The lowest BCUT2D eigenvalue weighted by Crippen LogP contribution is -2.44. The molecule has 0 aliphatic heterocycles. The van der Waals surface area contributed by atoms with Gasteiger partial charge in [-0.25, -0.2) is 13.6 Å². The van der Waals surface area contributed by atoms with Crippen LogP contribution in [0.1, 0.15) is 70.2 Å². The number of carboxylic acids is 2. The first kappa shape index (κ1) is 48.1. The van der Waals surface area contributed by atoms with Gasteiger partial charge in [-0.1, -0.05) is 67.0 Å². The zero-order valence-corrected chi connectivity index (χ0v) is 33.7. The minimum atomic E-state index is -5.08. The number of Topliss-reactive ketones (excluding diaryl/α,β-unsaturated/α-hetero) is 2. The van der Waals surface area contributed by atoms with Crippen LogP contribution in [0.4, 0.5) is 22.0 Å². The van der Waals surface area contributed by atoms with Crippen molar-refractivity contribution < 1.29 is 56.1 Å². The summed E-state index contributed by atoms with van der Waals surface area (Å²) in [5.41, 5.74) is 7.79. The van der Waals surface area contributed by atoms with Gasteiger partial charge in [-0.15, -0.1) is 0 Å². The Labute approximate surface area is 335 Å². The van der Waals surface area contributed by atoms with Gasteiger partial charge < -0.3 is 25.4 Å². The van der Waals surface area contributed by atoms with Gasteiger partial charge >= 0.3 is 18.1 Å². The van der Waals surface area contributed by atoms with E-state index in [0.29, 0.717) is 37.4 Å². The van der Waals surface area contributed by atoms with E-state index in [1.54, 1.807) is 11.1 Å². The van der Waals surface area contributed by atoms with Crippen LogP contribution in [-0.2, 0) is 30.5 Å². The average Bonchev–Trinajstić information content (AvgIpc) is 3.52. The zero-order valence-electron chi connectivity index (χ0n) is 31.3. The number of rotatable bonds is 20. The highest BCUT2D eigenvalue weighted by Gasteiger charge is 2.38. The third kappa shape index (κ3) is 15.8. The Balaban J connectivity index is 0.00000141. The van der Waals surface area contributed by atoms with Crippen LogP contribution in [0, 0.1) is 23.0 Å². The number of amides is 1. The Kier molecular flexibility index (Phi) is 19.4. The van der Waals surface area contributed by atoms with Crippen molar-refractivity contribution in [1.29, 1.82) is 0 Å². The Morgan fingerprint density at radius 2 is 1.59 bits per heavy atom. The summed E-state index contributed by atoms with van der Waals surface area (Å²) in [4.78, 5) is 60.6. The number of thioether (sulfide) groups is 1. The van der Waals surface area contributed by atoms with E-state index in [1.165, 1.54) is 17.8 Å². The van der Waals surface area contributed by atoms with Gasteiger partial charge in [0.25, 0.3) is 0 Å². The van der Waals surface area contributed by atoms with E-state index < -0.39 is 47.1 Å². The van der Waals surface area contributed by atoms with Crippen molar-refractivity contribution in [3.63, 3.8) is 0 Å². The number of benzene rings is 2. The van der Waals surface area contributed by atoms with E-state index in [9.17, 15) is 41.8 Å². The second-order valence-corrected chi connectivity index (χ2v) is 15.6. The lowest BCUT2D eigenvalue weighted by atomic mass is 9.83. The molecule has 0 saturated heterocycles. The molecule has 0 aliphatic carbocycles. The zero-order chi connectivity index (χ0) is 42.2. The molecule has 1 amide bonds. The molecular formula is C39H47BrF5N3O7S. The average molecular weight is 877 g/mol. The number of aliphatic carboxylic acids is 2. The Morgan fingerprint density at radius 1 is 0.946 bits per heavy atom. The highest BCUT2D eigenvalue weighted by Crippen LogP contribution is 2.41. The molecule has 3 aromatic rings. The molecule has 10 nitrogen and oxygen atoms in total. The number of carboxylic acid groups (broad SMARTS) is 2. The van der Waals surface area contributed by atoms with Crippen LogP contribution in [0.5, 0.6) is 0 Å². The molecule has 4 N–H and O–H groups in total. The molecule has 308 valence electrons. The van der Waals surface area contributed by atoms with Gasteiger partial charge in [0.05, 0.1) is 23.0 Å². The number of nitrogens with two attached hydrogens (primary N) is 1. The number of aromatic nitrogens is 1. The van der Waals surface area contributed by atoms with E-state index in [0.717, 1.165) is 23.4 Å². The molecule has 0 fully saturated rings. The molecule has 0 aliphatic rings. The predicted molar refractivity (Wildman–Crippen MR) is 207 cm³/mol. The van der Waals surface area contributed by atoms with Crippen LogP contribution >= 0.6 is 27.7 Å². The molecule has 0 unspecified atom stereocenters. The fourth-order valence-corrected chi connectivity index (χ4v) is 6.93. The molecule has 3 rings (SSSR count). The van der Waals surface area contributed by atoms with Crippen LogP contribution in [0.15, 0.2) is 60.8 Å². The summed E-state index contributed by atoms with van der Waals surface area (Å²) < 4.78 is 63.0. The fourth-order valence-electron chi connectivity index (χ4n) is 5.79. The van der Waals surface area contributed by atoms with Crippen molar-refractivity contribution >= 4 is 57.1 Å². The minimum absolute atomic E-state index is 0.0807. The number of carbonyl (C=O) groups is 5. The molecule has 56 heavy (non-hydrogen) atoms. The summed E-state index contributed by atoms with van der Waals surface area (Å²) in [5.74, 6) is -6.01. The van der Waals surface area contributed by atoms with Crippen molar-refractivity contribution in [2.24, 2.45) is 17.1 Å². The standard InChI is InChI=1S/C37H46BrF2N3O5S.C2HF3O2/c1-37(2,3)35(33-19-27(31-20-28(39)11-13-32(31)40)23-42(33)22-25-8-5-4-6-9-25)43(16-7-15-41)34(46)24-49-17-14-29(44)18-26(36(47)48)10-12-30(45)21-38;3-2(4,5)1(6)7/h4-6,8-9,11,13,19-20,23,26,35H,7,10,12,14-18,21-22,24,41H2,1-3H3,(H,47,48);(H,6,7)/t26-,35-;/m0./s1. The van der Waals surface area contributed by atoms with Gasteiger partial charge in [0.15, 0.2) is 0 Å². The molecule has 17 heteroatoms. The lowest BCUT2D eigenvalue weighted by molar-refractivity contribution is -0.192. The van der Waals surface area contributed by atoms with Crippen LogP contribution in [0.3, 0.4) is 0 Å². The lowest BCUT2D eigenvalue weighted by Gasteiger charge is -2.41. The fraction of sp³-hybridized carbons (Fsp3) is 0.462. The Morgan fingerprint density at radius 3 is 2.14 bits per heavy atom. The van der Waals surface area contributed by atoms with E-state index in [-0.39, 0.29) is 59.8 Å². The van der Waals surface area contributed by atoms with Crippen molar-refractivity contribution in [2.45, 2.75) is 71.6 Å². The van der Waals surface area contributed by atoms with Gasteiger partial charge in [0.1, 0.15) is 23.2 Å². The number of halogens is 6. The maximum Gasteiger partial charge on any atom is 0.490 e. The molecule has 0 spiro atoms. The first-order valence-corrected chi connectivity index (χ1v) is 19.9. The highest BCUT2D eigenvalue weighted by molar-refractivity contribution is 9.09. The van der Waals surface area contributed by atoms with Crippen molar-refractivity contribution in [3.05, 3.63) is 83.7 Å². The normalized spacial score (nSPS) is 12.6. The number of alkyl halides is 4. The number of hydrogen-bond donors (Lipinski definition) is 3. The summed E-state index contributed by atoms with van der Waals surface area (Å²) in [6.45, 7) is 7.25. The molecular weight excluding hydrogens is 829 g/mol. The molecule has 0 bridgehead atoms. The number of hydrogen-bond acceptors (Lipinski definition) is 7. The molecule has 0 radical (unpaired) electrons. The molecule has 1 aromatic heterocycles. The maximum absolute atomic E-state index is 15.0. The van der Waals surface area contributed by atoms with Crippen molar-refractivity contribution in [3.8, 4) is 11.1 Å². The maximum atomic E-state index is 15.0. The second kappa shape index (κ2) is 22.6. The molecule has 2 aromatic carbocycles. The SMILES string of the molecule is CC(C)(C)[C@H](c1cc(-c2cc(F)ccc2F)cn1Cc1ccccc1)N(CCCN)C(=O)CSCCC(=O)C[C@H](CCC(=O)CBr)C(=O)O.O=C(O)C(F)(F)F. The summed E-state index contributed by atoms with van der Waals surface area (Å²) in [5, 5.41) is 16.8. The van der Waals surface area contributed by atoms with Gasteiger partial charge in [0, 0.05) is 61.1 Å². The van der Waals surface area contributed by atoms with Gasteiger partial charge in [-0.2, -0.15) is 24.9 Å². The highest BCUT2D eigenvalue weighted by atomic mass is 79.9. The third-order valence-electron chi connectivity index (χ3n) is 8.44. The van der Waals surface area contributed by atoms with E-state index in [2.05, 4.69) is 15.9 Å². The van der Waals surface area contributed by atoms with Gasteiger partial charge in [-0.3, -0.25) is 19.2 Å². The number of ketones is 2. The molecule has 2 atom stereocenters. The third-order valence-corrected chi connectivity index (χ3v) is 10.0. The Hall–Kier alpha value is -4.09. The smallest absolute Gasteiger partial charge is 0.481 e. The summed E-state index contributed by atoms with van der Waals surface area (Å²) in [6, 6.07) is 14.5. The quantitative estimate of drug-likeness (QED) is 0.0583. The first-order valence-electron chi connectivity index (χ1n) is 17.6. The topological polar surface area (TPSA) is 160 Å². The monoisotopic (exact) mass is 875 g/mol.